The number of aromatic nitrogens is 2. The molecule has 4 heteroatoms. The van der Waals surface area contributed by atoms with Crippen LogP contribution in [0.5, 0.6) is 0 Å². The predicted octanol–water partition coefficient (Wildman–Crippen LogP) is 2.35. The zero-order valence-corrected chi connectivity index (χ0v) is 6.59. The average molecular weight is 180 g/mol. The maximum Gasteiger partial charge on any atom is 0.213 e. The van der Waals surface area contributed by atoms with E-state index in [-0.39, 0.29) is 5.69 Å². The highest BCUT2D eigenvalue weighted by Crippen LogP contribution is 2.17. The van der Waals surface area contributed by atoms with Crippen LogP contribution < -0.4 is 0 Å². The number of halogens is 2. The van der Waals surface area contributed by atoms with Crippen molar-refractivity contribution in [3.63, 3.8) is 0 Å². The fourth-order valence-corrected chi connectivity index (χ4v) is 1.08. The number of H-pyrrole nitrogens is 1. The first-order valence-corrected chi connectivity index (χ1v) is 3.73. The van der Waals surface area contributed by atoms with E-state index in [1.807, 2.05) is 0 Å². The van der Waals surface area contributed by atoms with Crippen LogP contribution in [0.25, 0.3) is 11.4 Å². The van der Waals surface area contributed by atoms with Crippen LogP contribution in [0.1, 0.15) is 0 Å². The van der Waals surface area contributed by atoms with Gasteiger partial charge in [-0.15, -0.1) is 0 Å². The normalized spacial score (nSPS) is 10.3. The molecule has 0 atom stereocenters. The Kier molecular flexibility index (Phi) is 1.81. The Morgan fingerprint density at radius 2 is 2.00 bits per heavy atom. The molecule has 0 saturated heterocycles. The van der Waals surface area contributed by atoms with E-state index < -0.39 is 11.8 Å². The van der Waals surface area contributed by atoms with Gasteiger partial charge < -0.3 is 4.98 Å². The summed E-state index contributed by atoms with van der Waals surface area (Å²) in [5.41, 5.74) is 0.474. The molecule has 13 heavy (non-hydrogen) atoms. The van der Waals surface area contributed by atoms with Crippen molar-refractivity contribution in [3.8, 4) is 11.4 Å². The van der Waals surface area contributed by atoms with Crippen LogP contribution in [0.4, 0.5) is 8.78 Å². The summed E-state index contributed by atoms with van der Waals surface area (Å²) in [5, 5.41) is 0. The van der Waals surface area contributed by atoms with Crippen molar-refractivity contribution in [2.24, 2.45) is 0 Å². The minimum Gasteiger partial charge on any atom is -0.360 e. The standard InChI is InChI=1S/C9H6F2N2/c10-6-3-4-8(11)13-9(6)7-2-1-5-12-7/h1-5,12H. The average Bonchev–Trinajstić information content (AvgIpc) is 2.61. The van der Waals surface area contributed by atoms with E-state index in [9.17, 15) is 8.78 Å². The van der Waals surface area contributed by atoms with Crippen LogP contribution in [0.15, 0.2) is 30.5 Å². The second kappa shape index (κ2) is 2.97. The van der Waals surface area contributed by atoms with E-state index >= 15 is 0 Å². The summed E-state index contributed by atoms with van der Waals surface area (Å²) < 4.78 is 25.7. The Balaban J connectivity index is 2.57. The lowest BCUT2D eigenvalue weighted by molar-refractivity contribution is 0.563. The van der Waals surface area contributed by atoms with E-state index in [2.05, 4.69) is 9.97 Å². The van der Waals surface area contributed by atoms with Gasteiger partial charge in [0.25, 0.3) is 0 Å². The van der Waals surface area contributed by atoms with Gasteiger partial charge in [0, 0.05) is 6.20 Å². The largest absolute Gasteiger partial charge is 0.360 e. The SMILES string of the molecule is Fc1ccc(F)c(-c2ccc[nH]2)n1. The van der Waals surface area contributed by atoms with Gasteiger partial charge in [-0.3, -0.25) is 0 Å². The summed E-state index contributed by atoms with van der Waals surface area (Å²) in [6.07, 6.45) is 1.63. The number of nitrogens with zero attached hydrogens (tertiary/aromatic N) is 1. The molecule has 2 aromatic rings. The van der Waals surface area contributed by atoms with Gasteiger partial charge in [-0.25, -0.2) is 9.37 Å². The molecular formula is C9H6F2N2. The maximum atomic E-state index is 13.1. The molecule has 66 valence electrons. The third kappa shape index (κ3) is 1.42. The minimum atomic E-state index is -0.689. The van der Waals surface area contributed by atoms with Crippen LogP contribution >= 0.6 is 0 Å². The van der Waals surface area contributed by atoms with Gasteiger partial charge in [-0.05, 0) is 24.3 Å². The number of aromatic amines is 1. The third-order valence-corrected chi connectivity index (χ3v) is 1.67. The van der Waals surface area contributed by atoms with Gasteiger partial charge in [0.1, 0.15) is 5.69 Å². The van der Waals surface area contributed by atoms with E-state index in [4.69, 9.17) is 0 Å². The topological polar surface area (TPSA) is 28.7 Å². The highest BCUT2D eigenvalue weighted by molar-refractivity contribution is 5.54. The van der Waals surface area contributed by atoms with Crippen LogP contribution in [-0.4, -0.2) is 9.97 Å². The Bertz CT molecular complexity index is 410. The van der Waals surface area contributed by atoms with Crippen LogP contribution in [0.3, 0.4) is 0 Å². The monoisotopic (exact) mass is 180 g/mol. The first kappa shape index (κ1) is 7.91. The highest BCUT2D eigenvalue weighted by Gasteiger charge is 2.07. The number of hydrogen-bond acceptors (Lipinski definition) is 1. The number of rotatable bonds is 1. The fourth-order valence-electron chi connectivity index (χ4n) is 1.08. The molecule has 0 fully saturated rings. The zero-order valence-electron chi connectivity index (χ0n) is 6.59. The maximum absolute atomic E-state index is 13.1. The third-order valence-electron chi connectivity index (χ3n) is 1.67. The summed E-state index contributed by atoms with van der Waals surface area (Å²) in [5.74, 6) is -1.23. The van der Waals surface area contributed by atoms with Crippen molar-refractivity contribution < 1.29 is 8.78 Å². The number of pyridine rings is 1. The van der Waals surface area contributed by atoms with Crippen LogP contribution in [0, 0.1) is 11.8 Å². The Hall–Kier alpha value is -1.71. The molecule has 2 rings (SSSR count). The van der Waals surface area contributed by atoms with E-state index in [1.165, 1.54) is 0 Å². The molecule has 0 spiro atoms. The Morgan fingerprint density at radius 3 is 2.69 bits per heavy atom. The summed E-state index contributed by atoms with van der Waals surface area (Å²) in [4.78, 5) is 6.19. The minimum absolute atomic E-state index is 0.00463. The fraction of sp³-hybridized carbons (Fsp3) is 0. The molecule has 0 radical (unpaired) electrons. The molecule has 0 aliphatic rings. The number of nitrogens with one attached hydrogen (secondary N) is 1. The second-order valence-electron chi connectivity index (χ2n) is 2.55. The smallest absolute Gasteiger partial charge is 0.213 e. The quantitative estimate of drug-likeness (QED) is 0.670. The van der Waals surface area contributed by atoms with Gasteiger partial charge in [0.05, 0.1) is 5.69 Å². The van der Waals surface area contributed by atoms with Gasteiger partial charge in [-0.1, -0.05) is 0 Å². The summed E-state index contributed by atoms with van der Waals surface area (Å²) in [7, 11) is 0. The van der Waals surface area contributed by atoms with Crippen molar-refractivity contribution in [1.82, 2.24) is 9.97 Å². The van der Waals surface area contributed by atoms with E-state index in [1.54, 1.807) is 18.3 Å². The Labute approximate surface area is 73.2 Å². The van der Waals surface area contributed by atoms with Gasteiger partial charge >= 0.3 is 0 Å². The van der Waals surface area contributed by atoms with Crippen molar-refractivity contribution >= 4 is 0 Å². The van der Waals surface area contributed by atoms with Crippen molar-refractivity contribution in [1.29, 1.82) is 0 Å². The molecule has 2 aromatic heterocycles. The first-order chi connectivity index (χ1) is 6.27. The zero-order chi connectivity index (χ0) is 9.26. The lowest BCUT2D eigenvalue weighted by Crippen LogP contribution is -1.92. The number of hydrogen-bond donors (Lipinski definition) is 1. The van der Waals surface area contributed by atoms with E-state index in [0.29, 0.717) is 5.69 Å². The molecule has 0 unspecified atom stereocenters. The molecule has 0 amide bonds. The van der Waals surface area contributed by atoms with Crippen LogP contribution in [-0.2, 0) is 0 Å². The van der Waals surface area contributed by atoms with Crippen molar-refractivity contribution in [3.05, 3.63) is 42.2 Å². The second-order valence-corrected chi connectivity index (χ2v) is 2.55. The summed E-state index contributed by atoms with van der Waals surface area (Å²) >= 11 is 0. The molecule has 2 heterocycles. The first-order valence-electron chi connectivity index (χ1n) is 3.73. The molecule has 0 aliphatic carbocycles. The molecule has 0 aliphatic heterocycles. The summed E-state index contributed by atoms with van der Waals surface area (Å²) in [6, 6.07) is 5.37. The molecule has 0 bridgehead atoms. The lowest BCUT2D eigenvalue weighted by atomic mass is 10.2. The Morgan fingerprint density at radius 1 is 1.15 bits per heavy atom. The van der Waals surface area contributed by atoms with Crippen molar-refractivity contribution in [2.45, 2.75) is 0 Å². The van der Waals surface area contributed by atoms with E-state index in [0.717, 1.165) is 12.1 Å². The van der Waals surface area contributed by atoms with Gasteiger partial charge in [0.15, 0.2) is 5.82 Å². The highest BCUT2D eigenvalue weighted by atomic mass is 19.1. The molecular weight excluding hydrogens is 174 g/mol. The predicted molar refractivity (Wildman–Crippen MR) is 43.9 cm³/mol. The lowest BCUT2D eigenvalue weighted by Gasteiger charge is -1.98. The molecule has 0 aromatic carbocycles. The molecule has 2 nitrogen and oxygen atoms in total. The molecule has 1 N–H and O–H groups in total. The van der Waals surface area contributed by atoms with Crippen molar-refractivity contribution in [2.75, 3.05) is 0 Å². The van der Waals surface area contributed by atoms with Gasteiger partial charge in [0.2, 0.25) is 5.95 Å². The van der Waals surface area contributed by atoms with Gasteiger partial charge in [-0.2, -0.15) is 4.39 Å². The summed E-state index contributed by atoms with van der Waals surface area (Å²) in [6.45, 7) is 0. The molecule has 0 saturated carbocycles. The van der Waals surface area contributed by atoms with Crippen LogP contribution in [0.2, 0.25) is 0 Å².